The molecule has 1 aliphatic heterocycles. The average molecular weight is 286 g/mol. The SMILES string of the molecule is Nc1ccc(-c2nc(CO)cc(N3CCOCC3)n2)cc1. The third-order valence-electron chi connectivity index (χ3n) is 3.43. The summed E-state index contributed by atoms with van der Waals surface area (Å²) < 4.78 is 5.36. The summed E-state index contributed by atoms with van der Waals surface area (Å²) in [6.07, 6.45) is 0. The number of aliphatic hydroxyl groups is 1. The third kappa shape index (κ3) is 3.12. The number of rotatable bonds is 3. The monoisotopic (exact) mass is 286 g/mol. The number of benzene rings is 1. The molecule has 0 bridgehead atoms. The average Bonchev–Trinajstić information content (AvgIpc) is 2.56. The first kappa shape index (κ1) is 13.8. The summed E-state index contributed by atoms with van der Waals surface area (Å²) in [5, 5.41) is 9.42. The van der Waals surface area contributed by atoms with Gasteiger partial charge >= 0.3 is 0 Å². The number of aromatic nitrogens is 2. The van der Waals surface area contributed by atoms with Crippen molar-refractivity contribution in [1.29, 1.82) is 0 Å². The molecule has 0 aliphatic carbocycles. The van der Waals surface area contributed by atoms with Crippen molar-refractivity contribution in [3.05, 3.63) is 36.0 Å². The predicted molar refractivity (Wildman–Crippen MR) is 80.8 cm³/mol. The molecule has 1 aliphatic rings. The van der Waals surface area contributed by atoms with Crippen LogP contribution in [0.1, 0.15) is 5.69 Å². The van der Waals surface area contributed by atoms with Crippen molar-refractivity contribution in [3.63, 3.8) is 0 Å². The highest BCUT2D eigenvalue weighted by Gasteiger charge is 2.15. The first-order chi connectivity index (χ1) is 10.3. The van der Waals surface area contributed by atoms with Gasteiger partial charge in [-0.2, -0.15) is 0 Å². The number of hydrogen-bond acceptors (Lipinski definition) is 6. The highest BCUT2D eigenvalue weighted by atomic mass is 16.5. The summed E-state index contributed by atoms with van der Waals surface area (Å²) in [5.74, 6) is 1.42. The molecule has 0 unspecified atom stereocenters. The van der Waals surface area contributed by atoms with Gasteiger partial charge in [-0.3, -0.25) is 0 Å². The second-order valence-electron chi connectivity index (χ2n) is 4.92. The summed E-state index contributed by atoms with van der Waals surface area (Å²) >= 11 is 0. The van der Waals surface area contributed by atoms with Crippen molar-refractivity contribution in [2.45, 2.75) is 6.61 Å². The smallest absolute Gasteiger partial charge is 0.161 e. The lowest BCUT2D eigenvalue weighted by atomic mass is 10.2. The van der Waals surface area contributed by atoms with Crippen LogP contribution in [-0.2, 0) is 11.3 Å². The van der Waals surface area contributed by atoms with Crippen LogP contribution in [-0.4, -0.2) is 41.4 Å². The molecule has 0 atom stereocenters. The zero-order valence-corrected chi connectivity index (χ0v) is 11.7. The molecule has 3 rings (SSSR count). The minimum Gasteiger partial charge on any atom is -0.399 e. The van der Waals surface area contributed by atoms with Gasteiger partial charge in [-0.15, -0.1) is 0 Å². The Bertz CT molecular complexity index is 610. The first-order valence-electron chi connectivity index (χ1n) is 6.94. The molecule has 1 saturated heterocycles. The van der Waals surface area contributed by atoms with Gasteiger partial charge in [-0.05, 0) is 24.3 Å². The molecule has 21 heavy (non-hydrogen) atoms. The molecule has 6 nitrogen and oxygen atoms in total. The van der Waals surface area contributed by atoms with E-state index in [9.17, 15) is 5.11 Å². The fourth-order valence-electron chi connectivity index (χ4n) is 2.28. The van der Waals surface area contributed by atoms with Gasteiger partial charge < -0.3 is 20.5 Å². The highest BCUT2D eigenvalue weighted by molar-refractivity contribution is 5.60. The first-order valence-corrected chi connectivity index (χ1v) is 6.94. The second kappa shape index (κ2) is 6.07. The van der Waals surface area contributed by atoms with Crippen LogP contribution >= 0.6 is 0 Å². The van der Waals surface area contributed by atoms with E-state index in [0.29, 0.717) is 30.4 Å². The van der Waals surface area contributed by atoms with Crippen molar-refractivity contribution in [2.24, 2.45) is 0 Å². The summed E-state index contributed by atoms with van der Waals surface area (Å²) in [7, 11) is 0. The van der Waals surface area contributed by atoms with E-state index < -0.39 is 0 Å². The minimum atomic E-state index is -0.109. The number of morpholine rings is 1. The van der Waals surface area contributed by atoms with Crippen molar-refractivity contribution < 1.29 is 9.84 Å². The topological polar surface area (TPSA) is 84.5 Å². The fourth-order valence-corrected chi connectivity index (χ4v) is 2.28. The highest BCUT2D eigenvalue weighted by Crippen LogP contribution is 2.22. The number of aliphatic hydroxyl groups excluding tert-OH is 1. The minimum absolute atomic E-state index is 0.109. The van der Waals surface area contributed by atoms with Crippen molar-refractivity contribution in [2.75, 3.05) is 36.9 Å². The van der Waals surface area contributed by atoms with E-state index in [-0.39, 0.29) is 6.61 Å². The Balaban J connectivity index is 1.98. The molecule has 1 aromatic carbocycles. The van der Waals surface area contributed by atoms with Gasteiger partial charge in [0.05, 0.1) is 25.5 Å². The maximum Gasteiger partial charge on any atom is 0.161 e. The number of nitrogen functional groups attached to an aromatic ring is 1. The van der Waals surface area contributed by atoms with Crippen molar-refractivity contribution >= 4 is 11.5 Å². The number of ether oxygens (including phenoxy) is 1. The fraction of sp³-hybridized carbons (Fsp3) is 0.333. The van der Waals surface area contributed by atoms with E-state index in [1.807, 2.05) is 30.3 Å². The van der Waals surface area contributed by atoms with E-state index in [0.717, 1.165) is 24.5 Å². The van der Waals surface area contributed by atoms with Crippen LogP contribution in [0.3, 0.4) is 0 Å². The molecule has 2 aromatic rings. The maximum absolute atomic E-state index is 9.42. The van der Waals surface area contributed by atoms with Crippen LogP contribution < -0.4 is 10.6 Å². The summed E-state index contributed by atoms with van der Waals surface area (Å²) in [5.41, 5.74) is 7.90. The summed E-state index contributed by atoms with van der Waals surface area (Å²) in [4.78, 5) is 11.1. The Labute approximate surface area is 123 Å². The van der Waals surface area contributed by atoms with Crippen LogP contribution in [0.25, 0.3) is 11.4 Å². The Morgan fingerprint density at radius 1 is 1.14 bits per heavy atom. The summed E-state index contributed by atoms with van der Waals surface area (Å²) in [6.45, 7) is 2.86. The molecular weight excluding hydrogens is 268 g/mol. The molecule has 6 heteroatoms. The van der Waals surface area contributed by atoms with Crippen molar-refractivity contribution in [1.82, 2.24) is 9.97 Å². The molecule has 1 fully saturated rings. The van der Waals surface area contributed by atoms with Crippen LogP contribution in [0.4, 0.5) is 11.5 Å². The number of nitrogens with two attached hydrogens (primary N) is 1. The molecular formula is C15H18N4O2. The largest absolute Gasteiger partial charge is 0.399 e. The van der Waals surface area contributed by atoms with Crippen molar-refractivity contribution in [3.8, 4) is 11.4 Å². The lowest BCUT2D eigenvalue weighted by Crippen LogP contribution is -2.37. The third-order valence-corrected chi connectivity index (χ3v) is 3.43. The van der Waals surface area contributed by atoms with E-state index in [4.69, 9.17) is 10.5 Å². The molecule has 110 valence electrons. The Hall–Kier alpha value is -2.18. The van der Waals surface area contributed by atoms with Gasteiger partial charge in [0.15, 0.2) is 5.82 Å². The number of nitrogens with zero attached hydrogens (tertiary/aromatic N) is 3. The quantitative estimate of drug-likeness (QED) is 0.821. The van der Waals surface area contributed by atoms with Crippen LogP contribution in [0, 0.1) is 0 Å². The number of hydrogen-bond donors (Lipinski definition) is 2. The van der Waals surface area contributed by atoms with E-state index in [1.54, 1.807) is 0 Å². The van der Waals surface area contributed by atoms with Gasteiger partial charge in [0, 0.05) is 30.4 Å². The lowest BCUT2D eigenvalue weighted by Gasteiger charge is -2.28. The Morgan fingerprint density at radius 2 is 1.86 bits per heavy atom. The van der Waals surface area contributed by atoms with Gasteiger partial charge in [-0.1, -0.05) is 0 Å². The van der Waals surface area contributed by atoms with Crippen LogP contribution in [0.2, 0.25) is 0 Å². The van der Waals surface area contributed by atoms with Gasteiger partial charge in [0.1, 0.15) is 5.82 Å². The molecule has 1 aromatic heterocycles. The zero-order valence-electron chi connectivity index (χ0n) is 11.7. The molecule has 2 heterocycles. The Morgan fingerprint density at radius 3 is 2.52 bits per heavy atom. The Kier molecular flexibility index (Phi) is 3.98. The normalized spacial score (nSPS) is 15.2. The molecule has 3 N–H and O–H groups in total. The lowest BCUT2D eigenvalue weighted by molar-refractivity contribution is 0.122. The van der Waals surface area contributed by atoms with Gasteiger partial charge in [0.25, 0.3) is 0 Å². The van der Waals surface area contributed by atoms with E-state index >= 15 is 0 Å². The zero-order chi connectivity index (χ0) is 14.7. The molecule has 0 saturated carbocycles. The van der Waals surface area contributed by atoms with Gasteiger partial charge in [-0.25, -0.2) is 9.97 Å². The molecule has 0 amide bonds. The standard InChI is InChI=1S/C15H18N4O2/c16-12-3-1-11(2-4-12)15-17-13(10-20)9-14(18-15)19-5-7-21-8-6-19/h1-4,9,20H,5-8,10,16H2. The van der Waals surface area contributed by atoms with Gasteiger partial charge in [0.2, 0.25) is 0 Å². The molecule has 0 radical (unpaired) electrons. The second-order valence-corrected chi connectivity index (χ2v) is 4.92. The maximum atomic E-state index is 9.42. The summed E-state index contributed by atoms with van der Waals surface area (Å²) in [6, 6.07) is 9.23. The van der Waals surface area contributed by atoms with E-state index in [1.165, 1.54) is 0 Å². The van der Waals surface area contributed by atoms with Crippen LogP contribution in [0.5, 0.6) is 0 Å². The van der Waals surface area contributed by atoms with Crippen LogP contribution in [0.15, 0.2) is 30.3 Å². The molecule has 0 spiro atoms. The number of anilines is 2. The van der Waals surface area contributed by atoms with E-state index in [2.05, 4.69) is 14.9 Å². The predicted octanol–water partition coefficient (Wildman–Crippen LogP) is 1.05.